The number of rotatable bonds is 3. The van der Waals surface area contributed by atoms with Gasteiger partial charge < -0.3 is 25.2 Å². The molecule has 0 saturated carbocycles. The Morgan fingerprint density at radius 2 is 1.72 bits per heavy atom. The number of nitrogens with zero attached hydrogens (tertiary/aromatic N) is 6. The maximum atomic E-state index is 11.5. The fraction of sp³-hybridized carbons (Fsp3) is 0.733. The third kappa shape index (κ3) is 3.74. The van der Waals surface area contributed by atoms with E-state index in [1.165, 1.54) is 0 Å². The Kier molecular flexibility index (Phi) is 4.91. The molecule has 0 radical (unpaired) electrons. The van der Waals surface area contributed by atoms with Crippen molar-refractivity contribution in [2.45, 2.75) is 26.1 Å². The standard InChI is InChI=1S/C15H25N7O3/c1-10-8-21(9-11(2)25-10)15-17-13(16)12(22(23)24)14(18-15)20-6-4-19(3)5-7-20/h10-11H,4-9H2,1-3H3,(H2,16,17,18). The van der Waals surface area contributed by atoms with Gasteiger partial charge in [0, 0.05) is 39.3 Å². The van der Waals surface area contributed by atoms with Crippen LogP contribution in [0.5, 0.6) is 0 Å². The predicted octanol–water partition coefficient (Wildman–Crippen LogP) is 0.332. The Bertz CT molecular complexity index is 638. The predicted molar refractivity (Wildman–Crippen MR) is 95.0 cm³/mol. The third-order valence-electron chi connectivity index (χ3n) is 4.57. The van der Waals surface area contributed by atoms with E-state index in [1.807, 2.05) is 30.7 Å². The van der Waals surface area contributed by atoms with Crippen LogP contribution in [0.1, 0.15) is 13.8 Å². The molecule has 3 heterocycles. The Hall–Kier alpha value is -2.20. The van der Waals surface area contributed by atoms with Gasteiger partial charge in [-0.05, 0) is 20.9 Å². The lowest BCUT2D eigenvalue weighted by atomic mass is 10.2. The highest BCUT2D eigenvalue weighted by Gasteiger charge is 2.32. The number of morpholine rings is 1. The molecule has 25 heavy (non-hydrogen) atoms. The Morgan fingerprint density at radius 1 is 1.12 bits per heavy atom. The molecule has 0 spiro atoms. The molecule has 2 N–H and O–H groups in total. The van der Waals surface area contributed by atoms with Gasteiger partial charge in [-0.3, -0.25) is 10.1 Å². The van der Waals surface area contributed by atoms with Crippen LogP contribution in [0.4, 0.5) is 23.3 Å². The highest BCUT2D eigenvalue weighted by molar-refractivity contribution is 5.71. The van der Waals surface area contributed by atoms with Gasteiger partial charge >= 0.3 is 5.69 Å². The molecule has 0 amide bonds. The lowest BCUT2D eigenvalue weighted by molar-refractivity contribution is -0.383. The van der Waals surface area contributed by atoms with E-state index in [1.54, 1.807) is 0 Å². The number of piperazine rings is 1. The van der Waals surface area contributed by atoms with Crippen LogP contribution in [0.25, 0.3) is 0 Å². The molecular formula is C15H25N7O3. The van der Waals surface area contributed by atoms with Crippen LogP contribution in [-0.4, -0.2) is 78.3 Å². The van der Waals surface area contributed by atoms with Gasteiger partial charge in [-0.1, -0.05) is 0 Å². The zero-order valence-corrected chi connectivity index (χ0v) is 14.9. The maximum absolute atomic E-state index is 11.5. The van der Waals surface area contributed by atoms with E-state index in [2.05, 4.69) is 14.9 Å². The molecule has 2 saturated heterocycles. The number of ether oxygens (including phenoxy) is 1. The monoisotopic (exact) mass is 351 g/mol. The van der Waals surface area contributed by atoms with Gasteiger partial charge in [-0.2, -0.15) is 9.97 Å². The first-order chi connectivity index (χ1) is 11.8. The summed E-state index contributed by atoms with van der Waals surface area (Å²) in [6.45, 7) is 8.21. The molecule has 2 atom stereocenters. The topological polar surface area (TPSA) is 114 Å². The second kappa shape index (κ2) is 6.96. The van der Waals surface area contributed by atoms with Crippen LogP contribution in [0.2, 0.25) is 0 Å². The number of nitrogen functional groups attached to an aromatic ring is 1. The highest BCUT2D eigenvalue weighted by atomic mass is 16.6. The van der Waals surface area contributed by atoms with Gasteiger partial charge in [0.15, 0.2) is 0 Å². The minimum Gasteiger partial charge on any atom is -0.378 e. The van der Waals surface area contributed by atoms with Crippen molar-refractivity contribution in [1.29, 1.82) is 0 Å². The molecule has 10 heteroatoms. The van der Waals surface area contributed by atoms with E-state index in [0.29, 0.717) is 37.9 Å². The molecule has 2 fully saturated rings. The number of aromatic nitrogens is 2. The zero-order chi connectivity index (χ0) is 18.1. The number of nitrogens with two attached hydrogens (primary N) is 1. The summed E-state index contributed by atoms with van der Waals surface area (Å²) >= 11 is 0. The second-order valence-corrected chi connectivity index (χ2v) is 6.79. The second-order valence-electron chi connectivity index (χ2n) is 6.79. The zero-order valence-electron chi connectivity index (χ0n) is 14.9. The number of nitro groups is 1. The van der Waals surface area contributed by atoms with Crippen LogP contribution in [0, 0.1) is 10.1 Å². The van der Waals surface area contributed by atoms with E-state index in [-0.39, 0.29) is 23.7 Å². The minimum absolute atomic E-state index is 0.0378. The summed E-state index contributed by atoms with van der Waals surface area (Å²) in [7, 11) is 2.03. The fourth-order valence-corrected chi connectivity index (χ4v) is 3.34. The molecule has 1 aromatic rings. The summed E-state index contributed by atoms with van der Waals surface area (Å²) in [6.07, 6.45) is 0.0757. The lowest BCUT2D eigenvalue weighted by Crippen LogP contribution is -2.47. The average molecular weight is 351 g/mol. The van der Waals surface area contributed by atoms with Crippen LogP contribution in [0.15, 0.2) is 0 Å². The van der Waals surface area contributed by atoms with Crippen LogP contribution in [0.3, 0.4) is 0 Å². The van der Waals surface area contributed by atoms with E-state index < -0.39 is 4.92 Å². The highest BCUT2D eigenvalue weighted by Crippen LogP contribution is 2.34. The number of likely N-dealkylation sites (N-methyl/N-ethyl adjacent to an activating group) is 1. The smallest absolute Gasteiger partial charge is 0.353 e. The maximum Gasteiger partial charge on any atom is 0.353 e. The largest absolute Gasteiger partial charge is 0.378 e. The first-order valence-electron chi connectivity index (χ1n) is 8.51. The molecule has 2 aliphatic heterocycles. The summed E-state index contributed by atoms with van der Waals surface area (Å²) < 4.78 is 5.74. The van der Waals surface area contributed by atoms with Gasteiger partial charge in [0.05, 0.1) is 17.1 Å². The van der Waals surface area contributed by atoms with Crippen molar-refractivity contribution < 1.29 is 9.66 Å². The molecule has 3 rings (SSSR count). The van der Waals surface area contributed by atoms with Crippen molar-refractivity contribution in [2.75, 3.05) is 61.8 Å². The molecule has 10 nitrogen and oxygen atoms in total. The van der Waals surface area contributed by atoms with Crippen molar-refractivity contribution in [2.24, 2.45) is 0 Å². The Morgan fingerprint density at radius 3 is 2.28 bits per heavy atom. The quantitative estimate of drug-likeness (QED) is 0.608. The molecule has 1 aromatic heterocycles. The lowest BCUT2D eigenvalue weighted by Gasteiger charge is -2.36. The van der Waals surface area contributed by atoms with Crippen molar-refractivity contribution in [1.82, 2.24) is 14.9 Å². The molecule has 0 aromatic carbocycles. The van der Waals surface area contributed by atoms with Gasteiger partial charge in [0.2, 0.25) is 17.6 Å². The van der Waals surface area contributed by atoms with Crippen LogP contribution >= 0.6 is 0 Å². The molecule has 2 unspecified atom stereocenters. The summed E-state index contributed by atoms with van der Waals surface area (Å²) in [6, 6.07) is 0. The minimum atomic E-state index is -0.489. The van der Waals surface area contributed by atoms with Gasteiger partial charge in [0.25, 0.3) is 0 Å². The van der Waals surface area contributed by atoms with Gasteiger partial charge in [-0.25, -0.2) is 0 Å². The van der Waals surface area contributed by atoms with E-state index >= 15 is 0 Å². The first-order valence-corrected chi connectivity index (χ1v) is 8.51. The molecule has 0 bridgehead atoms. The van der Waals surface area contributed by atoms with Gasteiger partial charge in [0.1, 0.15) is 0 Å². The van der Waals surface area contributed by atoms with E-state index in [0.717, 1.165) is 13.1 Å². The number of hydrogen-bond donors (Lipinski definition) is 1. The Labute approximate surface area is 146 Å². The average Bonchev–Trinajstić information content (AvgIpc) is 2.53. The summed E-state index contributed by atoms with van der Waals surface area (Å²) in [5.41, 5.74) is 5.74. The SMILES string of the molecule is CC1CN(c2nc(N)c([N+](=O)[O-])c(N3CCN(C)CC3)n2)CC(C)O1. The molecule has 138 valence electrons. The normalized spacial score (nSPS) is 25.2. The fourth-order valence-electron chi connectivity index (χ4n) is 3.34. The number of anilines is 3. The van der Waals surface area contributed by atoms with Crippen LogP contribution in [-0.2, 0) is 4.74 Å². The molecular weight excluding hydrogens is 326 g/mol. The van der Waals surface area contributed by atoms with E-state index in [4.69, 9.17) is 10.5 Å². The van der Waals surface area contributed by atoms with Crippen molar-refractivity contribution in [3.8, 4) is 0 Å². The summed E-state index contributed by atoms with van der Waals surface area (Å²) in [5, 5.41) is 11.5. The first kappa shape index (κ1) is 17.6. The molecule has 2 aliphatic rings. The molecule has 0 aliphatic carbocycles. The van der Waals surface area contributed by atoms with Crippen molar-refractivity contribution in [3.05, 3.63) is 10.1 Å². The summed E-state index contributed by atoms with van der Waals surface area (Å²) in [4.78, 5) is 25.9. The third-order valence-corrected chi connectivity index (χ3v) is 4.57. The number of hydrogen-bond acceptors (Lipinski definition) is 9. The van der Waals surface area contributed by atoms with Crippen LogP contribution < -0.4 is 15.5 Å². The van der Waals surface area contributed by atoms with Crippen molar-refractivity contribution in [3.63, 3.8) is 0 Å². The van der Waals surface area contributed by atoms with Gasteiger partial charge in [-0.15, -0.1) is 0 Å². The van der Waals surface area contributed by atoms with E-state index in [9.17, 15) is 10.1 Å². The van der Waals surface area contributed by atoms with Crippen molar-refractivity contribution >= 4 is 23.3 Å². The summed E-state index contributed by atoms with van der Waals surface area (Å²) in [5.74, 6) is 0.655. The Balaban J connectivity index is 1.97.